The molecule has 0 saturated carbocycles. The topological polar surface area (TPSA) is 44.5 Å². The van der Waals surface area contributed by atoms with Crippen molar-refractivity contribution in [1.82, 2.24) is 0 Å². The van der Waals surface area contributed by atoms with E-state index in [1.165, 1.54) is 0 Å². The van der Waals surface area contributed by atoms with E-state index in [9.17, 15) is 0 Å². The van der Waals surface area contributed by atoms with Gasteiger partial charge >= 0.3 is 0 Å². The Morgan fingerprint density at radius 2 is 1.30 bits per heavy atom. The van der Waals surface area contributed by atoms with Crippen molar-refractivity contribution in [1.29, 1.82) is 0 Å². The molecule has 3 nitrogen and oxygen atoms in total. The summed E-state index contributed by atoms with van der Waals surface area (Å²) in [6, 6.07) is 25.3. The number of nitrogens with two attached hydrogens (primary N) is 1. The summed E-state index contributed by atoms with van der Waals surface area (Å²) >= 11 is 0. The molecule has 0 radical (unpaired) electrons. The van der Waals surface area contributed by atoms with Crippen LogP contribution in [0.15, 0.2) is 78.9 Å². The van der Waals surface area contributed by atoms with Crippen LogP contribution in [0.25, 0.3) is 0 Å². The Balaban J connectivity index is 0.00000261. The predicted molar refractivity (Wildman–Crippen MR) is 113 cm³/mol. The molecule has 1 unspecified atom stereocenters. The Morgan fingerprint density at radius 3 is 1.81 bits per heavy atom. The van der Waals surface area contributed by atoms with Crippen LogP contribution in [-0.2, 0) is 0 Å². The molecule has 3 rings (SSSR count). The first-order chi connectivity index (χ1) is 12.7. The molecule has 0 aliphatic carbocycles. The molecule has 0 saturated heterocycles. The zero-order valence-corrected chi connectivity index (χ0v) is 16.5. The maximum Gasteiger partial charge on any atom is 0.170 e. The normalized spacial score (nSPS) is 12.6. The summed E-state index contributed by atoms with van der Waals surface area (Å²) in [4.78, 5) is 0. The Labute approximate surface area is 167 Å². The number of rotatable bonds is 7. The maximum absolute atomic E-state index is 6.42. The molecule has 0 amide bonds. The summed E-state index contributed by atoms with van der Waals surface area (Å²) in [7, 11) is 0. The first-order valence-corrected chi connectivity index (χ1v) is 9.02. The molecule has 4 heteroatoms. The van der Waals surface area contributed by atoms with Gasteiger partial charge in [-0.1, -0.05) is 62.7 Å². The first-order valence-electron chi connectivity index (χ1n) is 9.02. The van der Waals surface area contributed by atoms with Crippen molar-refractivity contribution in [2.45, 2.75) is 26.3 Å². The van der Waals surface area contributed by atoms with Gasteiger partial charge < -0.3 is 15.2 Å². The van der Waals surface area contributed by atoms with Crippen molar-refractivity contribution < 1.29 is 9.47 Å². The third-order valence-electron chi connectivity index (χ3n) is 4.55. The molecule has 0 heterocycles. The molecule has 2 N–H and O–H groups in total. The van der Waals surface area contributed by atoms with Crippen molar-refractivity contribution in [2.24, 2.45) is 11.7 Å². The lowest BCUT2D eigenvalue weighted by atomic mass is 9.93. The van der Waals surface area contributed by atoms with Gasteiger partial charge in [-0.15, -0.1) is 12.4 Å². The molecule has 0 aromatic heterocycles. The number of para-hydroxylation sites is 2. The van der Waals surface area contributed by atoms with Gasteiger partial charge in [0.2, 0.25) is 0 Å². The van der Waals surface area contributed by atoms with Crippen molar-refractivity contribution in [3.05, 3.63) is 84.4 Å². The van der Waals surface area contributed by atoms with Crippen LogP contribution in [0.1, 0.15) is 31.9 Å². The SMILES string of the molecule is CCC(C)[C@@H](N)c1ccc(Oc2ccccc2)c(Oc2ccccc2)c1.Cl. The first kappa shape index (κ1) is 20.8. The number of hydrogen-bond acceptors (Lipinski definition) is 3. The molecule has 0 aliphatic rings. The third kappa shape index (κ3) is 5.49. The molecule has 3 aromatic rings. The highest BCUT2D eigenvalue weighted by Crippen LogP contribution is 2.37. The number of benzene rings is 3. The molecular formula is C23H26ClNO2. The number of ether oxygens (including phenoxy) is 2. The minimum atomic E-state index is -0.0381. The van der Waals surface area contributed by atoms with E-state index in [1.54, 1.807) is 0 Å². The molecule has 0 bridgehead atoms. The fourth-order valence-electron chi connectivity index (χ4n) is 2.71. The van der Waals surface area contributed by atoms with Gasteiger partial charge in [0.15, 0.2) is 11.5 Å². The van der Waals surface area contributed by atoms with Gasteiger partial charge in [-0.2, -0.15) is 0 Å². The Kier molecular flexibility index (Phi) is 7.71. The van der Waals surface area contributed by atoms with E-state index in [1.807, 2.05) is 78.9 Å². The monoisotopic (exact) mass is 383 g/mol. The number of hydrogen-bond donors (Lipinski definition) is 1. The number of halogens is 1. The lowest BCUT2D eigenvalue weighted by Crippen LogP contribution is -2.18. The second-order valence-electron chi connectivity index (χ2n) is 6.45. The van der Waals surface area contributed by atoms with Crippen molar-refractivity contribution in [3.8, 4) is 23.0 Å². The molecule has 0 aliphatic heterocycles. The minimum Gasteiger partial charge on any atom is -0.453 e. The van der Waals surface area contributed by atoms with Crippen molar-refractivity contribution in [2.75, 3.05) is 0 Å². The highest BCUT2D eigenvalue weighted by atomic mass is 35.5. The van der Waals surface area contributed by atoms with E-state index in [0.717, 1.165) is 23.5 Å². The van der Waals surface area contributed by atoms with Crippen LogP contribution >= 0.6 is 12.4 Å². The summed E-state index contributed by atoms with van der Waals surface area (Å²) in [5.41, 5.74) is 7.46. The second-order valence-corrected chi connectivity index (χ2v) is 6.45. The quantitative estimate of drug-likeness (QED) is 0.491. The van der Waals surface area contributed by atoms with Gasteiger partial charge in [-0.3, -0.25) is 0 Å². The van der Waals surface area contributed by atoms with Gasteiger partial charge in [-0.25, -0.2) is 0 Å². The fraction of sp³-hybridized carbons (Fsp3) is 0.217. The van der Waals surface area contributed by atoms with Crippen LogP contribution in [0.4, 0.5) is 0 Å². The summed E-state index contributed by atoms with van der Waals surface area (Å²) in [6.45, 7) is 4.32. The average Bonchev–Trinajstić information content (AvgIpc) is 2.69. The Morgan fingerprint density at radius 1 is 0.778 bits per heavy atom. The standard InChI is InChI=1S/C23H25NO2.ClH/c1-3-17(2)23(24)18-14-15-21(25-19-10-6-4-7-11-19)22(16-18)26-20-12-8-5-9-13-20;/h4-17,23H,3,24H2,1-2H3;1H/t17?,23-;/m1./s1. The lowest BCUT2D eigenvalue weighted by Gasteiger charge is -2.21. The lowest BCUT2D eigenvalue weighted by molar-refractivity contribution is 0.413. The van der Waals surface area contributed by atoms with Gasteiger partial charge in [0, 0.05) is 6.04 Å². The van der Waals surface area contributed by atoms with E-state index < -0.39 is 0 Å². The fourth-order valence-corrected chi connectivity index (χ4v) is 2.71. The Bertz CT molecular complexity index is 824. The largest absolute Gasteiger partial charge is 0.453 e. The van der Waals surface area contributed by atoms with Gasteiger partial charge in [0.1, 0.15) is 11.5 Å². The van der Waals surface area contributed by atoms with E-state index >= 15 is 0 Å². The van der Waals surface area contributed by atoms with Crippen LogP contribution in [0, 0.1) is 5.92 Å². The summed E-state index contributed by atoms with van der Waals surface area (Å²) in [5, 5.41) is 0. The van der Waals surface area contributed by atoms with Gasteiger partial charge in [0.25, 0.3) is 0 Å². The van der Waals surface area contributed by atoms with E-state index in [0.29, 0.717) is 17.4 Å². The van der Waals surface area contributed by atoms with Crippen LogP contribution in [0.2, 0.25) is 0 Å². The van der Waals surface area contributed by atoms with Crippen LogP contribution in [0.3, 0.4) is 0 Å². The molecule has 0 spiro atoms. The third-order valence-corrected chi connectivity index (χ3v) is 4.55. The van der Waals surface area contributed by atoms with E-state index in [2.05, 4.69) is 13.8 Å². The maximum atomic E-state index is 6.42. The van der Waals surface area contributed by atoms with Crippen LogP contribution in [-0.4, -0.2) is 0 Å². The Hall–Kier alpha value is -2.49. The summed E-state index contributed by atoms with van der Waals surface area (Å²) in [5.74, 6) is 3.25. The zero-order valence-electron chi connectivity index (χ0n) is 15.7. The van der Waals surface area contributed by atoms with Crippen molar-refractivity contribution >= 4 is 12.4 Å². The summed E-state index contributed by atoms with van der Waals surface area (Å²) in [6.07, 6.45) is 1.03. The van der Waals surface area contributed by atoms with Gasteiger partial charge in [-0.05, 0) is 47.9 Å². The van der Waals surface area contributed by atoms with Crippen LogP contribution in [0.5, 0.6) is 23.0 Å². The minimum absolute atomic E-state index is 0. The summed E-state index contributed by atoms with van der Waals surface area (Å²) < 4.78 is 12.1. The smallest absolute Gasteiger partial charge is 0.170 e. The highest BCUT2D eigenvalue weighted by molar-refractivity contribution is 5.85. The predicted octanol–water partition coefficient (Wildman–Crippen LogP) is 6.74. The molecule has 27 heavy (non-hydrogen) atoms. The molecular weight excluding hydrogens is 358 g/mol. The highest BCUT2D eigenvalue weighted by Gasteiger charge is 2.17. The van der Waals surface area contributed by atoms with Gasteiger partial charge in [0.05, 0.1) is 0 Å². The van der Waals surface area contributed by atoms with E-state index in [-0.39, 0.29) is 18.4 Å². The molecule has 142 valence electrons. The average molecular weight is 384 g/mol. The van der Waals surface area contributed by atoms with Crippen molar-refractivity contribution in [3.63, 3.8) is 0 Å². The molecule has 2 atom stereocenters. The van der Waals surface area contributed by atoms with E-state index in [4.69, 9.17) is 15.2 Å². The molecule has 0 fully saturated rings. The van der Waals surface area contributed by atoms with Crippen LogP contribution < -0.4 is 15.2 Å². The zero-order chi connectivity index (χ0) is 18.4. The second kappa shape index (κ2) is 10.0. The molecule has 3 aromatic carbocycles.